The fraction of sp³-hybridized carbons (Fsp3) is 0.261. The molecule has 0 saturated heterocycles. The lowest BCUT2D eigenvalue weighted by molar-refractivity contribution is -0.136. The van der Waals surface area contributed by atoms with Gasteiger partial charge in [0, 0.05) is 27.3 Å². The summed E-state index contributed by atoms with van der Waals surface area (Å²) in [5, 5.41) is 3.39. The predicted octanol–water partition coefficient (Wildman–Crippen LogP) is 5.09. The molecule has 2 aromatic carbocycles. The summed E-state index contributed by atoms with van der Waals surface area (Å²) in [4.78, 5) is 12.6. The van der Waals surface area contributed by atoms with Crippen LogP contribution in [0.2, 0.25) is 0 Å². The van der Waals surface area contributed by atoms with E-state index in [1.54, 1.807) is 13.2 Å². The number of rotatable bonds is 5. The van der Waals surface area contributed by atoms with E-state index in [2.05, 4.69) is 27.9 Å². The Balaban J connectivity index is 2.07. The summed E-state index contributed by atoms with van der Waals surface area (Å²) in [7, 11) is 3.02. The van der Waals surface area contributed by atoms with Gasteiger partial charge in [-0.3, -0.25) is 0 Å². The summed E-state index contributed by atoms with van der Waals surface area (Å²) in [6.45, 7) is 3.88. The number of hydrogen-bond donors (Lipinski definition) is 1. The van der Waals surface area contributed by atoms with E-state index in [-0.39, 0.29) is 17.7 Å². The van der Waals surface area contributed by atoms with Gasteiger partial charge in [-0.2, -0.15) is 0 Å². The van der Waals surface area contributed by atoms with Gasteiger partial charge in [0.05, 0.1) is 19.8 Å². The van der Waals surface area contributed by atoms with Gasteiger partial charge in [-0.15, -0.1) is 0 Å². The zero-order chi connectivity index (χ0) is 21.1. The SMILES string of the molecule is COC(=O)C1=C(C)NC(Cc2ccc(OC)cc2)=C(C)C1c1ccc(F)cc1I. The summed E-state index contributed by atoms with van der Waals surface area (Å²) < 4.78 is 24.7. The molecule has 29 heavy (non-hydrogen) atoms. The van der Waals surface area contributed by atoms with Crippen LogP contribution in [-0.2, 0) is 16.0 Å². The van der Waals surface area contributed by atoms with Gasteiger partial charge in [0.2, 0.25) is 0 Å². The third kappa shape index (κ3) is 4.47. The van der Waals surface area contributed by atoms with Crippen LogP contribution in [0.3, 0.4) is 0 Å². The van der Waals surface area contributed by atoms with Crippen LogP contribution < -0.4 is 10.1 Å². The van der Waals surface area contributed by atoms with E-state index in [1.165, 1.54) is 19.2 Å². The first kappa shape index (κ1) is 21.4. The standard InChI is InChI=1S/C23H23FINO3/c1-13-20(11-15-5-8-17(28-3)9-6-15)26-14(2)22(23(27)29-4)21(13)18-10-7-16(24)12-19(18)25/h5-10,12,21,26H,11H2,1-4H3. The summed E-state index contributed by atoms with van der Waals surface area (Å²) in [6.07, 6.45) is 0.676. The van der Waals surface area contributed by atoms with Crippen molar-refractivity contribution in [2.24, 2.45) is 0 Å². The molecule has 0 aromatic heterocycles. The highest BCUT2D eigenvalue weighted by Crippen LogP contribution is 2.40. The van der Waals surface area contributed by atoms with Crippen molar-refractivity contribution in [3.63, 3.8) is 0 Å². The second-order valence-corrected chi connectivity index (χ2v) is 8.10. The molecule has 0 spiro atoms. The topological polar surface area (TPSA) is 47.6 Å². The van der Waals surface area contributed by atoms with Gasteiger partial charge in [-0.1, -0.05) is 18.2 Å². The molecule has 6 heteroatoms. The monoisotopic (exact) mass is 507 g/mol. The highest BCUT2D eigenvalue weighted by molar-refractivity contribution is 14.1. The average molecular weight is 507 g/mol. The molecule has 152 valence electrons. The minimum absolute atomic E-state index is 0.299. The molecule has 1 atom stereocenters. The summed E-state index contributed by atoms with van der Waals surface area (Å²) in [5.74, 6) is -0.182. The molecular formula is C23H23FINO3. The van der Waals surface area contributed by atoms with Crippen LogP contribution in [0.5, 0.6) is 5.75 Å². The van der Waals surface area contributed by atoms with Crippen molar-refractivity contribution < 1.29 is 18.7 Å². The first-order chi connectivity index (χ1) is 13.8. The van der Waals surface area contributed by atoms with E-state index in [0.717, 1.165) is 37.4 Å². The van der Waals surface area contributed by atoms with E-state index < -0.39 is 0 Å². The van der Waals surface area contributed by atoms with Crippen molar-refractivity contribution in [1.29, 1.82) is 0 Å². The molecule has 0 amide bonds. The Bertz CT molecular complexity index is 996. The van der Waals surface area contributed by atoms with Crippen LogP contribution >= 0.6 is 22.6 Å². The van der Waals surface area contributed by atoms with Crippen LogP contribution in [0, 0.1) is 9.39 Å². The summed E-state index contributed by atoms with van der Waals surface area (Å²) in [6, 6.07) is 12.6. The lowest BCUT2D eigenvalue weighted by atomic mass is 9.80. The van der Waals surface area contributed by atoms with Crippen molar-refractivity contribution in [2.75, 3.05) is 14.2 Å². The first-order valence-corrected chi connectivity index (χ1v) is 10.3. The van der Waals surface area contributed by atoms with Gasteiger partial charge in [0.25, 0.3) is 0 Å². The van der Waals surface area contributed by atoms with Gasteiger partial charge < -0.3 is 14.8 Å². The zero-order valence-electron chi connectivity index (χ0n) is 16.8. The molecule has 2 aromatic rings. The number of methoxy groups -OCH3 is 2. The second kappa shape index (κ2) is 8.98. The number of esters is 1. The van der Waals surface area contributed by atoms with Crippen molar-refractivity contribution >= 4 is 28.6 Å². The summed E-state index contributed by atoms with van der Waals surface area (Å²) >= 11 is 2.12. The van der Waals surface area contributed by atoms with Crippen LogP contribution in [0.15, 0.2) is 65.0 Å². The Labute approximate surface area is 183 Å². The highest BCUT2D eigenvalue weighted by Gasteiger charge is 2.33. The minimum atomic E-state index is -0.386. The molecule has 1 heterocycles. The number of carbonyl (C=O) groups excluding carboxylic acids is 1. The minimum Gasteiger partial charge on any atom is -0.497 e. The molecule has 3 rings (SSSR count). The number of hydrogen-bond acceptors (Lipinski definition) is 4. The fourth-order valence-corrected chi connectivity index (χ4v) is 4.42. The Morgan fingerprint density at radius 1 is 1.14 bits per heavy atom. The summed E-state index contributed by atoms with van der Waals surface area (Å²) in [5.41, 5.74) is 5.33. The predicted molar refractivity (Wildman–Crippen MR) is 119 cm³/mol. The number of carbonyl (C=O) groups is 1. The van der Waals surface area contributed by atoms with Crippen LogP contribution in [0.25, 0.3) is 0 Å². The van der Waals surface area contributed by atoms with Crippen molar-refractivity contribution in [3.8, 4) is 5.75 Å². The smallest absolute Gasteiger partial charge is 0.336 e. The number of dihydropyridines is 1. The number of benzene rings is 2. The first-order valence-electron chi connectivity index (χ1n) is 9.19. The quantitative estimate of drug-likeness (QED) is 0.453. The number of halogens is 2. The van der Waals surface area contributed by atoms with Gasteiger partial charge in [0.1, 0.15) is 11.6 Å². The normalized spacial score (nSPS) is 16.6. The molecule has 1 unspecified atom stereocenters. The molecule has 4 nitrogen and oxygen atoms in total. The lowest BCUT2D eigenvalue weighted by Gasteiger charge is -2.31. The Morgan fingerprint density at radius 2 is 1.83 bits per heavy atom. The third-order valence-electron chi connectivity index (χ3n) is 5.16. The van der Waals surface area contributed by atoms with Crippen LogP contribution in [0.4, 0.5) is 4.39 Å². The largest absolute Gasteiger partial charge is 0.497 e. The average Bonchev–Trinajstić information content (AvgIpc) is 2.70. The fourth-order valence-electron chi connectivity index (χ4n) is 3.64. The number of allylic oxidation sites excluding steroid dienone is 3. The second-order valence-electron chi connectivity index (χ2n) is 6.94. The number of ether oxygens (including phenoxy) is 2. The molecule has 0 bridgehead atoms. The molecule has 0 aliphatic carbocycles. The van der Waals surface area contributed by atoms with Gasteiger partial charge in [-0.25, -0.2) is 9.18 Å². The zero-order valence-corrected chi connectivity index (χ0v) is 19.0. The van der Waals surface area contributed by atoms with Crippen molar-refractivity contribution in [2.45, 2.75) is 26.2 Å². The Hall–Kier alpha value is -2.35. The lowest BCUT2D eigenvalue weighted by Crippen LogP contribution is -2.30. The maximum Gasteiger partial charge on any atom is 0.336 e. The molecule has 0 saturated carbocycles. The van der Waals surface area contributed by atoms with E-state index in [0.29, 0.717) is 12.0 Å². The van der Waals surface area contributed by atoms with Crippen molar-refractivity contribution in [3.05, 3.63) is 85.5 Å². The molecule has 1 N–H and O–H groups in total. The maximum absolute atomic E-state index is 13.7. The van der Waals surface area contributed by atoms with Crippen LogP contribution in [0.1, 0.15) is 30.9 Å². The van der Waals surface area contributed by atoms with E-state index >= 15 is 0 Å². The Morgan fingerprint density at radius 3 is 2.41 bits per heavy atom. The van der Waals surface area contributed by atoms with Crippen LogP contribution in [-0.4, -0.2) is 20.2 Å². The highest BCUT2D eigenvalue weighted by atomic mass is 127. The molecular weight excluding hydrogens is 484 g/mol. The van der Waals surface area contributed by atoms with E-state index in [9.17, 15) is 9.18 Å². The molecule has 1 aliphatic rings. The molecule has 1 aliphatic heterocycles. The van der Waals surface area contributed by atoms with E-state index in [1.807, 2.05) is 38.1 Å². The van der Waals surface area contributed by atoms with Gasteiger partial charge >= 0.3 is 5.97 Å². The third-order valence-corrected chi connectivity index (χ3v) is 6.09. The Kier molecular flexibility index (Phi) is 6.62. The van der Waals surface area contributed by atoms with Crippen molar-refractivity contribution in [1.82, 2.24) is 5.32 Å². The maximum atomic E-state index is 13.7. The van der Waals surface area contributed by atoms with Gasteiger partial charge in [-0.05, 0) is 77.4 Å². The van der Waals surface area contributed by atoms with E-state index in [4.69, 9.17) is 9.47 Å². The van der Waals surface area contributed by atoms with Gasteiger partial charge in [0.15, 0.2) is 0 Å². The number of nitrogens with one attached hydrogen (secondary N) is 1. The molecule has 0 fully saturated rings. The molecule has 0 radical (unpaired) electrons.